The molecule has 0 saturated carbocycles. The zero-order valence-electron chi connectivity index (χ0n) is 30.6. The molecule has 2 aliphatic heterocycles. The molecule has 5 aromatic carbocycles. The topological polar surface area (TPSA) is 22.6 Å². The summed E-state index contributed by atoms with van der Waals surface area (Å²) in [5, 5.41) is 0. The van der Waals surface area contributed by atoms with Crippen LogP contribution in [0.25, 0.3) is 22.3 Å². The molecule has 0 N–H and O–H groups in total. The zero-order chi connectivity index (χ0) is 36.2. The Hall–Kier alpha value is -4.67. The van der Waals surface area contributed by atoms with Crippen LogP contribution in [0.5, 0.6) is 0 Å². The van der Waals surface area contributed by atoms with E-state index in [-0.39, 0.29) is 37.1 Å². The second kappa shape index (κ2) is 14.3. The molecule has 8 rings (SSSR count). The van der Waals surface area contributed by atoms with Gasteiger partial charge in [-0.3, -0.25) is 0 Å². The molecule has 270 valence electrons. The van der Waals surface area contributed by atoms with Crippen molar-refractivity contribution in [3.05, 3.63) is 164 Å². The third-order valence-electron chi connectivity index (χ3n) is 9.59. The van der Waals surface area contributed by atoms with Crippen molar-refractivity contribution < 1.29 is 24.8 Å². The van der Waals surface area contributed by atoms with Gasteiger partial charge in [0, 0.05) is 37.9 Å². The molecule has 0 spiro atoms. The largest absolute Gasteiger partial charge is 0.500 e. The molecule has 3 heterocycles. The van der Waals surface area contributed by atoms with Gasteiger partial charge < -0.3 is 14.7 Å². The summed E-state index contributed by atoms with van der Waals surface area (Å²) >= 11 is 1.60. The van der Waals surface area contributed by atoms with E-state index in [2.05, 4.69) is 172 Å². The molecule has 53 heavy (non-hydrogen) atoms. The number of fused-ring (bicyclic) bond motifs is 5. The molecule has 6 aromatic rings. The Morgan fingerprint density at radius 3 is 2.06 bits per heavy atom. The number of nitrogens with zero attached hydrogens (tertiary/aromatic N) is 4. The standard InChI is InChI=1S/C46H40FN4S.Pd/c1-45(2,3)31-14-17-34(18-15-31)49-24-25-50(30-49)35-10-9-11-36(28-35)52-37-19-21-41-39-13-8-7-12-38(39)40-20-16-33(47)27-42(40)51(43(41)29-37)44-26-32(22-23-48-44)46(4,5)6;/h7-27,30H,1-6H3;/q-3;. The first-order chi connectivity index (χ1) is 24.9. The summed E-state index contributed by atoms with van der Waals surface area (Å²) < 4.78 is 15.2. The predicted octanol–water partition coefficient (Wildman–Crippen LogP) is 12.6. The van der Waals surface area contributed by atoms with E-state index in [9.17, 15) is 0 Å². The van der Waals surface area contributed by atoms with E-state index in [0.717, 1.165) is 60.4 Å². The molecule has 4 nitrogen and oxygen atoms in total. The van der Waals surface area contributed by atoms with Crippen molar-refractivity contribution in [1.29, 1.82) is 0 Å². The van der Waals surface area contributed by atoms with Crippen LogP contribution in [0.1, 0.15) is 52.7 Å². The fourth-order valence-corrected chi connectivity index (χ4v) is 7.52. The van der Waals surface area contributed by atoms with Gasteiger partial charge in [-0.15, -0.1) is 51.6 Å². The van der Waals surface area contributed by atoms with Crippen LogP contribution in [0, 0.1) is 24.6 Å². The molecule has 0 saturated heterocycles. The van der Waals surface area contributed by atoms with Crippen LogP contribution in [0.15, 0.2) is 138 Å². The number of hydrogen-bond donors (Lipinski definition) is 0. The van der Waals surface area contributed by atoms with Crippen LogP contribution in [0.2, 0.25) is 0 Å². The average molecular weight is 806 g/mol. The molecule has 0 radical (unpaired) electrons. The van der Waals surface area contributed by atoms with Gasteiger partial charge >= 0.3 is 0 Å². The minimum Gasteiger partial charge on any atom is -0.500 e. The van der Waals surface area contributed by atoms with Gasteiger partial charge in [-0.05, 0) is 82.4 Å². The summed E-state index contributed by atoms with van der Waals surface area (Å²) in [4.78, 5) is 13.0. The fourth-order valence-electron chi connectivity index (χ4n) is 6.70. The summed E-state index contributed by atoms with van der Waals surface area (Å²) in [5.74, 6) is 0.413. The summed E-state index contributed by atoms with van der Waals surface area (Å²) in [5.41, 5.74) is 10.1. The monoisotopic (exact) mass is 805 g/mol. The third-order valence-corrected chi connectivity index (χ3v) is 10.5. The van der Waals surface area contributed by atoms with E-state index >= 15 is 4.39 Å². The Morgan fingerprint density at radius 2 is 1.32 bits per heavy atom. The number of benzene rings is 5. The van der Waals surface area contributed by atoms with Crippen molar-refractivity contribution in [3.8, 4) is 22.3 Å². The van der Waals surface area contributed by atoms with E-state index in [1.54, 1.807) is 17.8 Å². The minimum atomic E-state index is -0.304. The van der Waals surface area contributed by atoms with Gasteiger partial charge in [-0.2, -0.15) is 30.3 Å². The molecule has 0 bridgehead atoms. The number of anilines is 5. The first-order valence-corrected chi connectivity index (χ1v) is 18.4. The van der Waals surface area contributed by atoms with Crippen LogP contribution < -0.4 is 14.7 Å². The zero-order valence-corrected chi connectivity index (χ0v) is 33.0. The van der Waals surface area contributed by atoms with Crippen molar-refractivity contribution >= 4 is 40.3 Å². The summed E-state index contributed by atoms with van der Waals surface area (Å²) in [6, 6.07) is 44.1. The Labute approximate surface area is 331 Å². The van der Waals surface area contributed by atoms with Crippen molar-refractivity contribution in [1.82, 2.24) is 4.98 Å². The fraction of sp³-hybridized carbons (Fsp3) is 0.174. The normalized spacial score (nSPS) is 13.6. The second-order valence-corrected chi connectivity index (χ2v) is 16.4. The Balaban J connectivity index is 0.00000435. The van der Waals surface area contributed by atoms with Crippen LogP contribution in [0.3, 0.4) is 0 Å². The van der Waals surface area contributed by atoms with Gasteiger partial charge in [0.25, 0.3) is 0 Å². The van der Waals surface area contributed by atoms with Gasteiger partial charge in [0.2, 0.25) is 0 Å². The number of hydrogen-bond acceptors (Lipinski definition) is 5. The van der Waals surface area contributed by atoms with Crippen molar-refractivity contribution in [2.75, 3.05) is 14.7 Å². The first-order valence-electron chi connectivity index (χ1n) is 17.6. The average Bonchev–Trinajstić information content (AvgIpc) is 3.59. The van der Waals surface area contributed by atoms with Gasteiger partial charge in [-0.1, -0.05) is 89.2 Å². The number of pyridine rings is 1. The molecule has 1 aromatic heterocycles. The Bertz CT molecular complexity index is 2320. The van der Waals surface area contributed by atoms with E-state index in [0.29, 0.717) is 5.82 Å². The van der Waals surface area contributed by atoms with Crippen molar-refractivity contribution in [3.63, 3.8) is 0 Å². The maximum absolute atomic E-state index is 15.2. The molecule has 2 aliphatic rings. The molecular weight excluding hydrogens is 766 g/mol. The Morgan fingerprint density at radius 1 is 0.642 bits per heavy atom. The molecule has 0 atom stereocenters. The third kappa shape index (κ3) is 7.31. The quantitative estimate of drug-likeness (QED) is 0.127. The molecule has 0 amide bonds. The van der Waals surface area contributed by atoms with E-state index in [4.69, 9.17) is 4.98 Å². The van der Waals surface area contributed by atoms with Gasteiger partial charge in [0.1, 0.15) is 11.6 Å². The van der Waals surface area contributed by atoms with E-state index in [1.165, 1.54) is 11.6 Å². The minimum absolute atomic E-state index is 0. The van der Waals surface area contributed by atoms with Crippen molar-refractivity contribution in [2.45, 2.75) is 62.2 Å². The van der Waals surface area contributed by atoms with Crippen LogP contribution in [-0.4, -0.2) is 4.98 Å². The first kappa shape index (κ1) is 36.7. The van der Waals surface area contributed by atoms with Crippen LogP contribution in [0.4, 0.5) is 33.0 Å². The number of rotatable bonds is 5. The van der Waals surface area contributed by atoms with Crippen LogP contribution in [-0.2, 0) is 31.3 Å². The van der Waals surface area contributed by atoms with Gasteiger partial charge in [0.05, 0.1) is 5.69 Å². The summed E-state index contributed by atoms with van der Waals surface area (Å²) in [6.45, 7) is 15.3. The molecule has 0 fully saturated rings. The summed E-state index contributed by atoms with van der Waals surface area (Å²) in [6.07, 6.45) is 5.96. The molecule has 7 heteroatoms. The Kier molecular flexibility index (Phi) is 9.89. The van der Waals surface area contributed by atoms with Gasteiger partial charge in [-0.25, -0.2) is 9.37 Å². The second-order valence-electron chi connectivity index (χ2n) is 15.3. The summed E-state index contributed by atoms with van der Waals surface area (Å²) in [7, 11) is 0. The SMILES string of the molecule is CC(C)(C)c1ccc(N2C=CN(c3[c-]c(Sc4[c-]c5c(cc4)-c4ccccc4-c4ccc(F)cc4N5c4cc(C(C)(C)C)ccn4)ccc3)[CH-]2)cc1.[Pd]. The maximum Gasteiger partial charge on any atom is 0.135 e. The molecular formula is C46H40FN4PdS-3. The van der Waals surface area contributed by atoms with Crippen LogP contribution >= 0.6 is 11.8 Å². The molecule has 0 unspecified atom stereocenters. The number of halogens is 1. The van der Waals surface area contributed by atoms with E-state index < -0.39 is 0 Å². The smallest absolute Gasteiger partial charge is 0.135 e. The predicted molar refractivity (Wildman–Crippen MR) is 214 cm³/mol. The van der Waals surface area contributed by atoms with E-state index in [1.807, 2.05) is 18.3 Å². The molecule has 0 aliphatic carbocycles. The maximum atomic E-state index is 15.2. The number of aromatic nitrogens is 1. The van der Waals surface area contributed by atoms with Crippen molar-refractivity contribution in [2.24, 2.45) is 0 Å². The van der Waals surface area contributed by atoms with Gasteiger partial charge in [0.15, 0.2) is 0 Å².